The highest BCUT2D eigenvalue weighted by molar-refractivity contribution is 6.30. The third-order valence-electron chi connectivity index (χ3n) is 3.22. The van der Waals surface area contributed by atoms with Crippen LogP contribution in [-0.4, -0.2) is 29.9 Å². The van der Waals surface area contributed by atoms with Gasteiger partial charge in [0, 0.05) is 5.02 Å². The number of aliphatic carboxylic acids is 1. The van der Waals surface area contributed by atoms with E-state index in [1.165, 1.54) is 0 Å². The van der Waals surface area contributed by atoms with Gasteiger partial charge in [0.1, 0.15) is 12.4 Å². The zero-order valence-corrected chi connectivity index (χ0v) is 11.7. The first-order chi connectivity index (χ1) is 8.97. The standard InChI is InChI=1S/C14H17ClO4/c1-8-5-10(15)6-9(2)13(8)18-7-11-3-4-12(19-11)14(16)17/h5-6,11-12H,3-4,7H2,1-2H3,(H,16,17). The predicted molar refractivity (Wildman–Crippen MR) is 72.0 cm³/mol. The van der Waals surface area contributed by atoms with Gasteiger partial charge in [-0.3, -0.25) is 0 Å². The van der Waals surface area contributed by atoms with E-state index in [0.717, 1.165) is 16.9 Å². The summed E-state index contributed by atoms with van der Waals surface area (Å²) in [7, 11) is 0. The highest BCUT2D eigenvalue weighted by Gasteiger charge is 2.30. The molecule has 0 saturated carbocycles. The second-order valence-corrected chi connectivity index (χ2v) is 5.28. The zero-order valence-electron chi connectivity index (χ0n) is 11.0. The van der Waals surface area contributed by atoms with Crippen molar-refractivity contribution in [3.05, 3.63) is 28.3 Å². The zero-order chi connectivity index (χ0) is 14.0. The van der Waals surface area contributed by atoms with Crippen molar-refractivity contribution in [2.24, 2.45) is 0 Å². The Hall–Kier alpha value is -1.26. The SMILES string of the molecule is Cc1cc(Cl)cc(C)c1OCC1CCC(C(=O)O)O1. The average Bonchev–Trinajstić information content (AvgIpc) is 2.76. The van der Waals surface area contributed by atoms with Crippen molar-refractivity contribution in [1.82, 2.24) is 0 Å². The first-order valence-corrected chi connectivity index (χ1v) is 6.63. The molecule has 2 unspecified atom stereocenters. The molecule has 1 saturated heterocycles. The fraction of sp³-hybridized carbons (Fsp3) is 0.500. The van der Waals surface area contributed by atoms with Crippen LogP contribution in [0.25, 0.3) is 0 Å². The Balaban J connectivity index is 1.95. The van der Waals surface area contributed by atoms with E-state index >= 15 is 0 Å². The van der Waals surface area contributed by atoms with Crippen molar-refractivity contribution >= 4 is 17.6 Å². The van der Waals surface area contributed by atoms with E-state index in [1.807, 2.05) is 26.0 Å². The number of rotatable bonds is 4. The van der Waals surface area contributed by atoms with E-state index < -0.39 is 12.1 Å². The summed E-state index contributed by atoms with van der Waals surface area (Å²) in [5.74, 6) is -0.104. The normalized spacial score (nSPS) is 22.5. The van der Waals surface area contributed by atoms with Gasteiger partial charge in [0.25, 0.3) is 0 Å². The summed E-state index contributed by atoms with van der Waals surface area (Å²) in [4.78, 5) is 10.8. The second kappa shape index (κ2) is 5.80. The highest BCUT2D eigenvalue weighted by atomic mass is 35.5. The minimum atomic E-state index is -0.902. The molecule has 4 nitrogen and oxygen atoms in total. The first kappa shape index (κ1) is 14.2. The topological polar surface area (TPSA) is 55.8 Å². The minimum Gasteiger partial charge on any atom is -0.490 e. The number of benzene rings is 1. The number of carboxylic acid groups (broad SMARTS) is 1. The molecule has 0 radical (unpaired) electrons. The molecule has 0 aromatic heterocycles. The molecular weight excluding hydrogens is 268 g/mol. The van der Waals surface area contributed by atoms with Gasteiger partial charge in [-0.25, -0.2) is 4.79 Å². The average molecular weight is 285 g/mol. The third kappa shape index (κ3) is 3.39. The fourth-order valence-electron chi connectivity index (χ4n) is 2.31. The Morgan fingerprint density at radius 1 is 1.42 bits per heavy atom. The van der Waals surface area contributed by atoms with Crippen LogP contribution in [-0.2, 0) is 9.53 Å². The Morgan fingerprint density at radius 2 is 2.05 bits per heavy atom. The maximum Gasteiger partial charge on any atom is 0.332 e. The molecule has 1 aliphatic heterocycles. The van der Waals surface area contributed by atoms with E-state index in [-0.39, 0.29) is 6.10 Å². The molecule has 2 rings (SSSR count). The molecule has 1 fully saturated rings. The van der Waals surface area contributed by atoms with Crippen LogP contribution in [0.3, 0.4) is 0 Å². The smallest absolute Gasteiger partial charge is 0.332 e. The Bertz CT molecular complexity index is 463. The summed E-state index contributed by atoms with van der Waals surface area (Å²) in [5, 5.41) is 9.54. The summed E-state index contributed by atoms with van der Waals surface area (Å²) in [5.41, 5.74) is 1.94. The van der Waals surface area contributed by atoms with Crippen molar-refractivity contribution in [2.75, 3.05) is 6.61 Å². The van der Waals surface area contributed by atoms with Crippen LogP contribution in [0, 0.1) is 13.8 Å². The van der Waals surface area contributed by atoms with Crippen LogP contribution >= 0.6 is 11.6 Å². The van der Waals surface area contributed by atoms with Crippen LogP contribution in [0.2, 0.25) is 5.02 Å². The van der Waals surface area contributed by atoms with Crippen molar-refractivity contribution < 1.29 is 19.4 Å². The number of carbonyl (C=O) groups is 1. The van der Waals surface area contributed by atoms with E-state index in [0.29, 0.717) is 24.5 Å². The molecule has 1 aromatic rings. The lowest BCUT2D eigenvalue weighted by atomic mass is 10.1. The molecule has 0 aliphatic carbocycles. The molecule has 0 spiro atoms. The maximum atomic E-state index is 10.8. The van der Waals surface area contributed by atoms with Gasteiger partial charge in [-0.15, -0.1) is 0 Å². The molecule has 1 aliphatic rings. The minimum absolute atomic E-state index is 0.157. The second-order valence-electron chi connectivity index (χ2n) is 4.84. The Morgan fingerprint density at radius 3 is 2.58 bits per heavy atom. The van der Waals surface area contributed by atoms with Gasteiger partial charge in [0.15, 0.2) is 6.10 Å². The summed E-state index contributed by atoms with van der Waals surface area (Å²) in [6.07, 6.45) is 0.404. The van der Waals surface area contributed by atoms with E-state index in [4.69, 9.17) is 26.2 Å². The van der Waals surface area contributed by atoms with Crippen LogP contribution in [0.5, 0.6) is 5.75 Å². The molecule has 104 valence electrons. The number of aryl methyl sites for hydroxylation is 2. The molecule has 0 bridgehead atoms. The van der Waals surface area contributed by atoms with Crippen molar-refractivity contribution in [3.63, 3.8) is 0 Å². The van der Waals surface area contributed by atoms with Gasteiger partial charge >= 0.3 is 5.97 Å². The van der Waals surface area contributed by atoms with Gasteiger partial charge in [-0.05, 0) is 49.9 Å². The molecule has 2 atom stereocenters. The van der Waals surface area contributed by atoms with Crippen LogP contribution in [0.4, 0.5) is 0 Å². The van der Waals surface area contributed by atoms with E-state index in [2.05, 4.69) is 0 Å². The predicted octanol–water partition coefficient (Wildman–Crippen LogP) is 2.97. The molecule has 0 amide bonds. The number of carboxylic acids is 1. The summed E-state index contributed by atoms with van der Waals surface area (Å²) in [6.45, 7) is 4.24. The number of hydrogen-bond acceptors (Lipinski definition) is 3. The van der Waals surface area contributed by atoms with Gasteiger partial charge < -0.3 is 14.6 Å². The molecule has 1 N–H and O–H groups in total. The van der Waals surface area contributed by atoms with Crippen LogP contribution < -0.4 is 4.74 Å². The number of hydrogen-bond donors (Lipinski definition) is 1. The fourth-order valence-corrected chi connectivity index (χ4v) is 2.64. The Labute approximate surface area is 117 Å². The summed E-state index contributed by atoms with van der Waals surface area (Å²) in [6, 6.07) is 3.69. The molecular formula is C14H17ClO4. The quantitative estimate of drug-likeness (QED) is 0.923. The first-order valence-electron chi connectivity index (χ1n) is 6.25. The van der Waals surface area contributed by atoms with Gasteiger partial charge in [-0.2, -0.15) is 0 Å². The molecule has 19 heavy (non-hydrogen) atoms. The lowest BCUT2D eigenvalue weighted by molar-refractivity contribution is -0.149. The van der Waals surface area contributed by atoms with Crippen LogP contribution in [0.15, 0.2) is 12.1 Å². The van der Waals surface area contributed by atoms with Gasteiger partial charge in [-0.1, -0.05) is 11.6 Å². The largest absolute Gasteiger partial charge is 0.490 e. The summed E-state index contributed by atoms with van der Waals surface area (Å²) < 4.78 is 11.2. The third-order valence-corrected chi connectivity index (χ3v) is 3.44. The lowest BCUT2D eigenvalue weighted by Crippen LogP contribution is -2.23. The Kier molecular flexibility index (Phi) is 4.32. The molecule has 1 heterocycles. The molecule has 1 aromatic carbocycles. The van der Waals surface area contributed by atoms with Crippen molar-refractivity contribution in [1.29, 1.82) is 0 Å². The maximum absolute atomic E-state index is 10.8. The van der Waals surface area contributed by atoms with E-state index in [1.54, 1.807) is 0 Å². The van der Waals surface area contributed by atoms with Crippen molar-refractivity contribution in [3.8, 4) is 5.75 Å². The van der Waals surface area contributed by atoms with Crippen LogP contribution in [0.1, 0.15) is 24.0 Å². The lowest BCUT2D eigenvalue weighted by Gasteiger charge is -2.16. The van der Waals surface area contributed by atoms with Gasteiger partial charge in [0.2, 0.25) is 0 Å². The monoisotopic (exact) mass is 284 g/mol. The summed E-state index contributed by atoms with van der Waals surface area (Å²) >= 11 is 5.96. The van der Waals surface area contributed by atoms with E-state index in [9.17, 15) is 4.79 Å². The number of ether oxygens (including phenoxy) is 2. The number of halogens is 1. The molecule has 5 heteroatoms. The van der Waals surface area contributed by atoms with Crippen molar-refractivity contribution in [2.45, 2.75) is 38.9 Å². The van der Waals surface area contributed by atoms with Gasteiger partial charge in [0.05, 0.1) is 6.10 Å². The highest BCUT2D eigenvalue weighted by Crippen LogP contribution is 2.28.